The first kappa shape index (κ1) is 16.5. The Morgan fingerprint density at radius 3 is 2.45 bits per heavy atom. The molecule has 0 spiro atoms. The second kappa shape index (κ2) is 7.94. The number of hydrogen-bond donors (Lipinski definition) is 1. The Hall–Kier alpha value is -1.88. The number of rotatable bonds is 7. The van der Waals surface area contributed by atoms with Gasteiger partial charge in [-0.1, -0.05) is 38.0 Å². The summed E-state index contributed by atoms with van der Waals surface area (Å²) in [7, 11) is 0. The summed E-state index contributed by atoms with van der Waals surface area (Å²) in [5.74, 6) is -1.31. The van der Waals surface area contributed by atoms with Gasteiger partial charge in [-0.05, 0) is 31.4 Å². The first-order valence-electron chi connectivity index (χ1n) is 7.85. The lowest BCUT2D eigenvalue weighted by Crippen LogP contribution is -2.44. The van der Waals surface area contributed by atoms with Crippen LogP contribution in [0.15, 0.2) is 30.3 Å². The van der Waals surface area contributed by atoms with Crippen molar-refractivity contribution in [1.82, 2.24) is 0 Å². The highest BCUT2D eigenvalue weighted by Gasteiger charge is 2.29. The zero-order chi connectivity index (χ0) is 15.9. The summed E-state index contributed by atoms with van der Waals surface area (Å²) >= 11 is 0. The van der Waals surface area contributed by atoms with E-state index in [9.17, 15) is 9.59 Å². The number of nitrogens with zero attached hydrogens (tertiary/aromatic N) is 1. The lowest BCUT2D eigenvalue weighted by Gasteiger charge is -2.27. The van der Waals surface area contributed by atoms with Gasteiger partial charge in [0.25, 0.3) is 5.91 Å². The van der Waals surface area contributed by atoms with Gasteiger partial charge in [0.2, 0.25) is 0 Å². The van der Waals surface area contributed by atoms with Crippen LogP contribution in [0.2, 0.25) is 0 Å². The van der Waals surface area contributed by atoms with Crippen LogP contribution in [-0.2, 0) is 14.3 Å². The average Bonchev–Trinajstić information content (AvgIpc) is 3.03. The monoisotopic (exact) mass is 305 g/mol. The number of benzene rings is 1. The maximum absolute atomic E-state index is 12.7. The van der Waals surface area contributed by atoms with E-state index in [1.807, 2.05) is 13.0 Å². The summed E-state index contributed by atoms with van der Waals surface area (Å²) < 4.78 is 5.92. The highest BCUT2D eigenvalue weighted by Crippen LogP contribution is 2.24. The van der Waals surface area contributed by atoms with Crippen molar-refractivity contribution in [2.75, 3.05) is 11.4 Å². The largest absolute Gasteiger partial charge is 0.480 e. The number of amides is 1. The minimum atomic E-state index is -1.03. The van der Waals surface area contributed by atoms with Crippen LogP contribution in [0.5, 0.6) is 0 Å². The number of carbonyl (C=O) groups excluding carboxylic acids is 1. The van der Waals surface area contributed by atoms with Gasteiger partial charge in [-0.25, -0.2) is 0 Å². The molecule has 1 aromatic rings. The van der Waals surface area contributed by atoms with Gasteiger partial charge >= 0.3 is 5.97 Å². The molecule has 5 nitrogen and oxygen atoms in total. The molecule has 1 aliphatic rings. The van der Waals surface area contributed by atoms with E-state index >= 15 is 0 Å². The van der Waals surface area contributed by atoms with E-state index in [1.54, 1.807) is 24.3 Å². The van der Waals surface area contributed by atoms with Gasteiger partial charge in [0, 0.05) is 5.69 Å². The molecule has 1 aliphatic carbocycles. The molecular formula is C17H23NO4. The van der Waals surface area contributed by atoms with E-state index < -0.39 is 12.1 Å². The summed E-state index contributed by atoms with van der Waals surface area (Å²) in [5, 5.41) is 9.10. The van der Waals surface area contributed by atoms with Gasteiger partial charge in [-0.3, -0.25) is 14.5 Å². The van der Waals surface area contributed by atoms with Crippen LogP contribution in [0, 0.1) is 0 Å². The van der Waals surface area contributed by atoms with Gasteiger partial charge in [0.15, 0.2) is 0 Å². The predicted octanol–water partition coefficient (Wildman–Crippen LogP) is 2.84. The Morgan fingerprint density at radius 1 is 1.27 bits per heavy atom. The molecule has 0 heterocycles. The third kappa shape index (κ3) is 4.31. The van der Waals surface area contributed by atoms with Crippen LogP contribution in [0.3, 0.4) is 0 Å². The number of carboxylic acid groups (broad SMARTS) is 1. The fourth-order valence-electron chi connectivity index (χ4n) is 2.80. The van der Waals surface area contributed by atoms with E-state index in [1.165, 1.54) is 4.90 Å². The van der Waals surface area contributed by atoms with E-state index in [0.717, 1.165) is 25.7 Å². The van der Waals surface area contributed by atoms with Gasteiger partial charge in [0.1, 0.15) is 12.6 Å². The van der Waals surface area contributed by atoms with Gasteiger partial charge in [-0.2, -0.15) is 0 Å². The number of para-hydroxylation sites is 1. The van der Waals surface area contributed by atoms with Crippen LogP contribution < -0.4 is 4.90 Å². The number of carboxylic acids is 1. The molecule has 1 atom stereocenters. The molecule has 0 aliphatic heterocycles. The SMILES string of the molecule is CCC(OC1CCCC1)C(=O)N(CC(=O)O)c1ccccc1. The molecule has 1 unspecified atom stereocenters. The standard InChI is InChI=1S/C17H23NO4/c1-2-15(22-14-10-6-7-11-14)17(21)18(12-16(19)20)13-8-4-3-5-9-13/h3-5,8-9,14-15H,2,6-7,10-12H2,1H3,(H,19,20). The molecule has 1 amide bonds. The van der Waals surface area contributed by atoms with Gasteiger partial charge in [-0.15, -0.1) is 0 Å². The number of anilines is 1. The molecule has 1 fully saturated rings. The summed E-state index contributed by atoms with van der Waals surface area (Å²) in [6.45, 7) is 1.54. The van der Waals surface area contributed by atoms with Crippen molar-refractivity contribution < 1.29 is 19.4 Å². The molecule has 0 bridgehead atoms. The number of ether oxygens (including phenoxy) is 1. The molecular weight excluding hydrogens is 282 g/mol. The minimum Gasteiger partial charge on any atom is -0.480 e. The Morgan fingerprint density at radius 2 is 1.91 bits per heavy atom. The quantitative estimate of drug-likeness (QED) is 0.841. The van der Waals surface area contributed by atoms with Crippen LogP contribution >= 0.6 is 0 Å². The summed E-state index contributed by atoms with van der Waals surface area (Å²) in [5.41, 5.74) is 0.586. The lowest BCUT2D eigenvalue weighted by atomic mass is 10.2. The van der Waals surface area contributed by atoms with Crippen molar-refractivity contribution in [2.45, 2.75) is 51.2 Å². The molecule has 0 saturated heterocycles. The number of carbonyl (C=O) groups is 2. The Balaban J connectivity index is 2.13. The van der Waals surface area contributed by atoms with Crippen LogP contribution in [0.25, 0.3) is 0 Å². The minimum absolute atomic E-state index is 0.122. The zero-order valence-corrected chi connectivity index (χ0v) is 12.9. The van der Waals surface area contributed by atoms with Crippen molar-refractivity contribution in [3.8, 4) is 0 Å². The first-order valence-corrected chi connectivity index (χ1v) is 7.85. The zero-order valence-electron chi connectivity index (χ0n) is 12.9. The van der Waals surface area contributed by atoms with Gasteiger partial charge in [0.05, 0.1) is 6.10 Å². The van der Waals surface area contributed by atoms with E-state index in [0.29, 0.717) is 12.1 Å². The summed E-state index contributed by atoms with van der Waals surface area (Å²) in [6.07, 6.45) is 4.30. The van der Waals surface area contributed by atoms with Gasteiger partial charge < -0.3 is 9.84 Å². The smallest absolute Gasteiger partial charge is 0.323 e. The van der Waals surface area contributed by atoms with E-state index in [2.05, 4.69) is 0 Å². The number of hydrogen-bond acceptors (Lipinski definition) is 3. The highest BCUT2D eigenvalue weighted by molar-refractivity contribution is 5.99. The maximum Gasteiger partial charge on any atom is 0.323 e. The Bertz CT molecular complexity index is 497. The third-order valence-corrected chi connectivity index (χ3v) is 3.93. The Labute approximate surface area is 130 Å². The molecule has 5 heteroatoms. The van der Waals surface area contributed by atoms with Crippen molar-refractivity contribution in [2.24, 2.45) is 0 Å². The molecule has 1 N–H and O–H groups in total. The van der Waals surface area contributed by atoms with Crippen molar-refractivity contribution in [3.05, 3.63) is 30.3 Å². The number of aliphatic carboxylic acids is 1. The normalized spacial score (nSPS) is 16.4. The Kier molecular flexibility index (Phi) is 5.95. The molecule has 0 radical (unpaired) electrons. The van der Waals surface area contributed by atoms with E-state index in [4.69, 9.17) is 9.84 Å². The summed E-state index contributed by atoms with van der Waals surface area (Å²) in [4.78, 5) is 25.1. The lowest BCUT2D eigenvalue weighted by molar-refractivity contribution is -0.140. The highest BCUT2D eigenvalue weighted by atomic mass is 16.5. The average molecular weight is 305 g/mol. The van der Waals surface area contributed by atoms with Crippen LogP contribution in [0.4, 0.5) is 5.69 Å². The molecule has 22 heavy (non-hydrogen) atoms. The van der Waals surface area contributed by atoms with Crippen molar-refractivity contribution in [1.29, 1.82) is 0 Å². The van der Waals surface area contributed by atoms with Crippen molar-refractivity contribution in [3.63, 3.8) is 0 Å². The van der Waals surface area contributed by atoms with Crippen LogP contribution in [-0.4, -0.2) is 35.7 Å². The third-order valence-electron chi connectivity index (χ3n) is 3.93. The second-order valence-corrected chi connectivity index (χ2v) is 5.59. The van der Waals surface area contributed by atoms with Crippen LogP contribution in [0.1, 0.15) is 39.0 Å². The predicted molar refractivity (Wildman–Crippen MR) is 83.9 cm³/mol. The molecule has 2 rings (SSSR count). The van der Waals surface area contributed by atoms with Crippen molar-refractivity contribution >= 4 is 17.6 Å². The molecule has 1 aromatic carbocycles. The first-order chi connectivity index (χ1) is 10.6. The topological polar surface area (TPSA) is 66.8 Å². The fourth-order valence-corrected chi connectivity index (χ4v) is 2.80. The molecule has 120 valence electrons. The molecule has 0 aromatic heterocycles. The second-order valence-electron chi connectivity index (χ2n) is 5.59. The molecule has 1 saturated carbocycles. The fraction of sp³-hybridized carbons (Fsp3) is 0.529. The maximum atomic E-state index is 12.7. The van der Waals surface area contributed by atoms with E-state index in [-0.39, 0.29) is 18.6 Å². The summed E-state index contributed by atoms with van der Waals surface area (Å²) in [6, 6.07) is 8.89.